The summed E-state index contributed by atoms with van der Waals surface area (Å²) in [5.41, 5.74) is 4.48. The third-order valence-corrected chi connectivity index (χ3v) is 3.91. The van der Waals surface area contributed by atoms with Crippen LogP contribution in [0.3, 0.4) is 0 Å². The third-order valence-electron chi connectivity index (χ3n) is 3.91. The Hall–Kier alpha value is -2.31. The summed E-state index contributed by atoms with van der Waals surface area (Å²) in [4.78, 5) is 0. The number of hydrogen-bond donors (Lipinski definition) is 1. The van der Waals surface area contributed by atoms with Gasteiger partial charge in [0.1, 0.15) is 5.75 Å². The van der Waals surface area contributed by atoms with Crippen molar-refractivity contribution >= 4 is 0 Å². The molecular formula is C18H18N2O. The Bertz CT molecular complexity index is 671. The Labute approximate surface area is 125 Å². The minimum Gasteiger partial charge on any atom is -0.493 e. The second-order valence-corrected chi connectivity index (χ2v) is 5.38. The van der Waals surface area contributed by atoms with Crippen LogP contribution in [0, 0.1) is 11.3 Å². The summed E-state index contributed by atoms with van der Waals surface area (Å²) in [5.74, 6) is 1.03. The van der Waals surface area contributed by atoms with Gasteiger partial charge in [0.15, 0.2) is 0 Å². The molecule has 3 nitrogen and oxygen atoms in total. The van der Waals surface area contributed by atoms with Gasteiger partial charge in [-0.25, -0.2) is 0 Å². The topological polar surface area (TPSA) is 45.0 Å². The summed E-state index contributed by atoms with van der Waals surface area (Å²) in [6.07, 6.45) is 1.01. The number of nitrogens with zero attached hydrogens (tertiary/aromatic N) is 1. The molecule has 0 aromatic heterocycles. The van der Waals surface area contributed by atoms with Gasteiger partial charge in [0.2, 0.25) is 0 Å². The molecule has 1 aliphatic heterocycles. The summed E-state index contributed by atoms with van der Waals surface area (Å²) in [5, 5.41) is 12.3. The lowest BCUT2D eigenvalue weighted by Gasteiger charge is -2.15. The predicted octanol–water partition coefficient (Wildman–Crippen LogP) is 3.34. The zero-order chi connectivity index (χ0) is 14.7. The van der Waals surface area contributed by atoms with Crippen LogP contribution in [0.15, 0.2) is 42.5 Å². The quantitative estimate of drug-likeness (QED) is 0.933. The Morgan fingerprint density at radius 2 is 2.05 bits per heavy atom. The molecule has 0 fully saturated rings. The van der Waals surface area contributed by atoms with Crippen molar-refractivity contribution in [3.05, 3.63) is 64.7 Å². The maximum Gasteiger partial charge on any atom is 0.122 e. The lowest BCUT2D eigenvalue weighted by molar-refractivity contribution is 0.357. The van der Waals surface area contributed by atoms with Crippen LogP contribution < -0.4 is 10.1 Å². The van der Waals surface area contributed by atoms with E-state index in [2.05, 4.69) is 36.5 Å². The molecule has 106 valence electrons. The van der Waals surface area contributed by atoms with Gasteiger partial charge in [-0.3, -0.25) is 0 Å². The van der Waals surface area contributed by atoms with Crippen LogP contribution in [-0.4, -0.2) is 6.61 Å². The Balaban J connectivity index is 1.62. The van der Waals surface area contributed by atoms with Crippen molar-refractivity contribution in [2.24, 2.45) is 0 Å². The van der Waals surface area contributed by atoms with E-state index in [1.807, 2.05) is 24.3 Å². The molecule has 0 saturated carbocycles. The average Bonchev–Trinajstić information content (AvgIpc) is 3.00. The zero-order valence-electron chi connectivity index (χ0n) is 12.1. The van der Waals surface area contributed by atoms with Gasteiger partial charge in [0.05, 0.1) is 18.2 Å². The van der Waals surface area contributed by atoms with Crippen molar-refractivity contribution in [3.8, 4) is 11.8 Å². The fraction of sp³-hybridized carbons (Fsp3) is 0.278. The molecule has 1 unspecified atom stereocenters. The van der Waals surface area contributed by atoms with Crippen molar-refractivity contribution in [2.75, 3.05) is 6.61 Å². The highest BCUT2D eigenvalue weighted by molar-refractivity contribution is 5.40. The lowest BCUT2D eigenvalue weighted by atomic mass is 10.1. The first-order chi connectivity index (χ1) is 10.3. The Kier molecular flexibility index (Phi) is 3.89. The first kappa shape index (κ1) is 13.7. The number of nitriles is 1. The highest BCUT2D eigenvalue weighted by Gasteiger charge is 2.12. The monoisotopic (exact) mass is 278 g/mol. The third kappa shape index (κ3) is 3.07. The van der Waals surface area contributed by atoms with Gasteiger partial charge in [-0.1, -0.05) is 24.3 Å². The molecule has 0 saturated heterocycles. The van der Waals surface area contributed by atoms with E-state index < -0.39 is 0 Å². The molecule has 21 heavy (non-hydrogen) atoms. The largest absolute Gasteiger partial charge is 0.493 e. The number of hydrogen-bond acceptors (Lipinski definition) is 3. The zero-order valence-corrected chi connectivity index (χ0v) is 12.1. The molecule has 0 bridgehead atoms. The van der Waals surface area contributed by atoms with E-state index >= 15 is 0 Å². The van der Waals surface area contributed by atoms with Crippen LogP contribution >= 0.6 is 0 Å². The molecular weight excluding hydrogens is 260 g/mol. The number of nitrogens with one attached hydrogen (secondary N) is 1. The highest BCUT2D eigenvalue weighted by atomic mass is 16.5. The molecule has 1 aliphatic rings. The van der Waals surface area contributed by atoms with Crippen LogP contribution in [0.2, 0.25) is 0 Å². The van der Waals surface area contributed by atoms with Crippen LogP contribution in [0.1, 0.15) is 35.2 Å². The summed E-state index contributed by atoms with van der Waals surface area (Å²) in [7, 11) is 0. The van der Waals surface area contributed by atoms with E-state index in [4.69, 9.17) is 10.00 Å². The minimum atomic E-state index is 0.252. The van der Waals surface area contributed by atoms with Gasteiger partial charge in [-0.2, -0.15) is 5.26 Å². The number of fused-ring (bicyclic) bond motifs is 1. The van der Waals surface area contributed by atoms with E-state index in [0.29, 0.717) is 5.56 Å². The maximum atomic E-state index is 8.82. The normalized spacial score (nSPS) is 14.1. The van der Waals surface area contributed by atoms with E-state index in [1.54, 1.807) is 0 Å². The van der Waals surface area contributed by atoms with Gasteiger partial charge in [-0.15, -0.1) is 0 Å². The number of rotatable bonds is 4. The van der Waals surface area contributed by atoms with E-state index in [0.717, 1.165) is 25.3 Å². The SMILES string of the molecule is CC(NCc1ccc2c(c1)CCO2)c1ccc(C#N)cc1. The average molecular weight is 278 g/mol. The Morgan fingerprint density at radius 1 is 1.24 bits per heavy atom. The van der Waals surface area contributed by atoms with Crippen molar-refractivity contribution < 1.29 is 4.74 Å². The molecule has 3 heteroatoms. The van der Waals surface area contributed by atoms with Crippen molar-refractivity contribution in [1.29, 1.82) is 5.26 Å². The van der Waals surface area contributed by atoms with Crippen molar-refractivity contribution in [1.82, 2.24) is 5.32 Å². The molecule has 2 aromatic rings. The van der Waals surface area contributed by atoms with Crippen LogP contribution in [0.25, 0.3) is 0 Å². The van der Waals surface area contributed by atoms with Crippen LogP contribution in [0.4, 0.5) is 0 Å². The van der Waals surface area contributed by atoms with Crippen LogP contribution in [-0.2, 0) is 13.0 Å². The van der Waals surface area contributed by atoms with Crippen LogP contribution in [0.5, 0.6) is 5.75 Å². The predicted molar refractivity (Wildman–Crippen MR) is 82.1 cm³/mol. The molecule has 3 rings (SSSR count). The second-order valence-electron chi connectivity index (χ2n) is 5.38. The lowest BCUT2D eigenvalue weighted by Crippen LogP contribution is -2.18. The fourth-order valence-electron chi connectivity index (χ4n) is 2.59. The summed E-state index contributed by atoms with van der Waals surface area (Å²) in [6, 6.07) is 16.5. The molecule has 1 atom stereocenters. The summed E-state index contributed by atoms with van der Waals surface area (Å²) < 4.78 is 5.52. The molecule has 0 spiro atoms. The van der Waals surface area contributed by atoms with Gasteiger partial charge in [0, 0.05) is 19.0 Å². The van der Waals surface area contributed by atoms with Crippen molar-refractivity contribution in [3.63, 3.8) is 0 Å². The molecule has 0 amide bonds. The summed E-state index contributed by atoms with van der Waals surface area (Å²) >= 11 is 0. The van der Waals surface area contributed by atoms with Gasteiger partial charge < -0.3 is 10.1 Å². The van der Waals surface area contributed by atoms with E-state index in [1.165, 1.54) is 16.7 Å². The first-order valence-corrected chi connectivity index (χ1v) is 7.24. The van der Waals surface area contributed by atoms with E-state index in [9.17, 15) is 0 Å². The Morgan fingerprint density at radius 3 is 2.81 bits per heavy atom. The number of ether oxygens (including phenoxy) is 1. The molecule has 1 heterocycles. The standard InChI is InChI=1S/C18H18N2O/c1-13(16-5-2-14(11-19)3-6-16)20-12-15-4-7-18-17(10-15)8-9-21-18/h2-7,10,13,20H,8-9,12H2,1H3. The van der Waals surface area contributed by atoms with Crippen molar-refractivity contribution in [2.45, 2.75) is 25.9 Å². The fourth-order valence-corrected chi connectivity index (χ4v) is 2.59. The first-order valence-electron chi connectivity index (χ1n) is 7.24. The second kappa shape index (κ2) is 5.99. The summed E-state index contributed by atoms with van der Waals surface area (Å²) in [6.45, 7) is 3.76. The van der Waals surface area contributed by atoms with Gasteiger partial charge in [0.25, 0.3) is 0 Å². The molecule has 1 N–H and O–H groups in total. The molecule has 0 aliphatic carbocycles. The maximum absolute atomic E-state index is 8.82. The van der Waals surface area contributed by atoms with E-state index in [-0.39, 0.29) is 6.04 Å². The smallest absolute Gasteiger partial charge is 0.122 e. The highest BCUT2D eigenvalue weighted by Crippen LogP contribution is 2.26. The minimum absolute atomic E-state index is 0.252. The van der Waals surface area contributed by atoms with Gasteiger partial charge in [-0.05, 0) is 41.8 Å². The molecule has 2 aromatic carbocycles. The molecule has 0 radical (unpaired) electrons. The number of benzene rings is 2. The van der Waals surface area contributed by atoms with Gasteiger partial charge >= 0.3 is 0 Å².